The molecule has 114 valence electrons. The predicted octanol–water partition coefficient (Wildman–Crippen LogP) is 3.90. The summed E-state index contributed by atoms with van der Waals surface area (Å²) in [5, 5.41) is 9.81. The van der Waals surface area contributed by atoms with Gasteiger partial charge < -0.3 is 9.84 Å². The zero-order valence-electron chi connectivity index (χ0n) is 12.7. The van der Waals surface area contributed by atoms with Gasteiger partial charge in [-0.2, -0.15) is 0 Å². The Morgan fingerprint density at radius 3 is 2.86 bits per heavy atom. The van der Waals surface area contributed by atoms with Crippen LogP contribution in [0.2, 0.25) is 0 Å². The second-order valence-electron chi connectivity index (χ2n) is 5.51. The molecule has 0 radical (unpaired) electrons. The third-order valence-electron chi connectivity index (χ3n) is 3.48. The lowest BCUT2D eigenvalue weighted by atomic mass is 10.1. The molecule has 0 aliphatic carbocycles. The topological polar surface area (TPSA) is 68.0 Å². The van der Waals surface area contributed by atoms with Crippen molar-refractivity contribution >= 4 is 28.3 Å². The van der Waals surface area contributed by atoms with Crippen LogP contribution in [0.5, 0.6) is 0 Å². The average Bonchev–Trinajstić information content (AvgIpc) is 3.15. The van der Waals surface area contributed by atoms with Gasteiger partial charge in [0.1, 0.15) is 0 Å². The van der Waals surface area contributed by atoms with E-state index in [2.05, 4.69) is 15.5 Å². The van der Waals surface area contributed by atoms with Gasteiger partial charge in [-0.25, -0.2) is 4.98 Å². The summed E-state index contributed by atoms with van der Waals surface area (Å²) >= 11 is 1.62. The summed E-state index contributed by atoms with van der Waals surface area (Å²) in [7, 11) is 0. The molecule has 0 aliphatic heterocycles. The number of rotatable bonds is 4. The second kappa shape index (κ2) is 5.88. The number of carbonyl (C=O) groups is 1. The maximum absolute atomic E-state index is 12.4. The van der Waals surface area contributed by atoms with Crippen molar-refractivity contribution in [3.05, 3.63) is 45.9 Å². The van der Waals surface area contributed by atoms with Crippen LogP contribution in [0.4, 0.5) is 0 Å². The van der Waals surface area contributed by atoms with Gasteiger partial charge in [0.15, 0.2) is 0 Å². The number of hydrogen-bond donors (Lipinski definition) is 1. The molecule has 3 heterocycles. The van der Waals surface area contributed by atoms with Crippen molar-refractivity contribution in [2.45, 2.75) is 32.7 Å². The first-order valence-corrected chi connectivity index (χ1v) is 8.04. The summed E-state index contributed by atoms with van der Waals surface area (Å²) in [6.45, 7) is 6.03. The normalized spacial score (nSPS) is 12.7. The molecule has 0 spiro atoms. The van der Waals surface area contributed by atoms with Crippen LogP contribution in [-0.4, -0.2) is 16.0 Å². The van der Waals surface area contributed by atoms with Gasteiger partial charge in [-0.3, -0.25) is 4.79 Å². The number of amides is 1. The fourth-order valence-electron chi connectivity index (χ4n) is 2.28. The SMILES string of the molecule is CC(C)c1noc2ncc(C(=O)NC(C)c3cccs3)cc12. The molecular formula is C16H17N3O2S. The summed E-state index contributed by atoms with van der Waals surface area (Å²) in [6.07, 6.45) is 1.52. The molecule has 1 atom stereocenters. The van der Waals surface area contributed by atoms with Crippen molar-refractivity contribution in [3.63, 3.8) is 0 Å². The smallest absolute Gasteiger partial charge is 0.257 e. The largest absolute Gasteiger partial charge is 0.345 e. The van der Waals surface area contributed by atoms with E-state index in [1.54, 1.807) is 17.4 Å². The van der Waals surface area contributed by atoms with Gasteiger partial charge in [0.25, 0.3) is 11.6 Å². The van der Waals surface area contributed by atoms with E-state index in [-0.39, 0.29) is 17.9 Å². The third kappa shape index (κ3) is 2.74. The van der Waals surface area contributed by atoms with Crippen LogP contribution in [-0.2, 0) is 0 Å². The van der Waals surface area contributed by atoms with Crippen LogP contribution < -0.4 is 5.32 Å². The van der Waals surface area contributed by atoms with Crippen LogP contribution in [0.25, 0.3) is 11.1 Å². The van der Waals surface area contributed by atoms with E-state index in [9.17, 15) is 4.79 Å². The molecule has 0 aromatic carbocycles. The number of pyridine rings is 1. The lowest BCUT2D eigenvalue weighted by molar-refractivity contribution is 0.0940. The molecule has 6 heteroatoms. The van der Waals surface area contributed by atoms with Crippen molar-refractivity contribution in [2.24, 2.45) is 0 Å². The molecule has 5 nitrogen and oxygen atoms in total. The minimum Gasteiger partial charge on any atom is -0.345 e. The Hall–Kier alpha value is -2.21. The van der Waals surface area contributed by atoms with Crippen molar-refractivity contribution in [3.8, 4) is 0 Å². The van der Waals surface area contributed by atoms with Crippen LogP contribution in [0, 0.1) is 0 Å². The van der Waals surface area contributed by atoms with Crippen LogP contribution in [0.3, 0.4) is 0 Å². The molecule has 0 aliphatic rings. The molecule has 22 heavy (non-hydrogen) atoms. The highest BCUT2D eigenvalue weighted by Crippen LogP contribution is 2.24. The van der Waals surface area contributed by atoms with Crippen molar-refractivity contribution < 1.29 is 9.32 Å². The maximum Gasteiger partial charge on any atom is 0.257 e. The minimum absolute atomic E-state index is 0.0322. The Morgan fingerprint density at radius 1 is 1.36 bits per heavy atom. The van der Waals surface area contributed by atoms with Crippen molar-refractivity contribution in [2.75, 3.05) is 0 Å². The minimum atomic E-state index is -0.147. The van der Waals surface area contributed by atoms with Gasteiger partial charge in [-0.1, -0.05) is 25.1 Å². The summed E-state index contributed by atoms with van der Waals surface area (Å²) in [5.74, 6) is 0.0672. The van der Waals surface area contributed by atoms with Gasteiger partial charge >= 0.3 is 0 Å². The highest BCUT2D eigenvalue weighted by molar-refractivity contribution is 7.10. The van der Waals surface area contributed by atoms with Crippen LogP contribution in [0.15, 0.2) is 34.3 Å². The van der Waals surface area contributed by atoms with E-state index in [1.165, 1.54) is 6.20 Å². The van der Waals surface area contributed by atoms with Gasteiger partial charge in [0.05, 0.1) is 22.7 Å². The van der Waals surface area contributed by atoms with Crippen molar-refractivity contribution in [1.82, 2.24) is 15.5 Å². The second-order valence-corrected chi connectivity index (χ2v) is 6.49. The number of hydrogen-bond acceptors (Lipinski definition) is 5. The summed E-state index contributed by atoms with van der Waals surface area (Å²) in [4.78, 5) is 17.7. The Labute approximate surface area is 132 Å². The average molecular weight is 315 g/mol. The van der Waals surface area contributed by atoms with Gasteiger partial charge in [0, 0.05) is 11.1 Å². The molecule has 1 amide bonds. The Balaban J connectivity index is 1.86. The quantitative estimate of drug-likeness (QED) is 0.793. The highest BCUT2D eigenvalue weighted by atomic mass is 32.1. The van der Waals surface area contributed by atoms with E-state index in [0.29, 0.717) is 11.3 Å². The summed E-state index contributed by atoms with van der Waals surface area (Å²) in [5.41, 5.74) is 1.80. The maximum atomic E-state index is 12.4. The van der Waals surface area contributed by atoms with Gasteiger partial charge in [-0.15, -0.1) is 11.3 Å². The molecule has 0 fully saturated rings. The molecule has 1 unspecified atom stereocenters. The van der Waals surface area contributed by atoms with Crippen molar-refractivity contribution in [1.29, 1.82) is 0 Å². The molecular weight excluding hydrogens is 298 g/mol. The molecule has 3 rings (SSSR count). The molecule has 1 N–H and O–H groups in total. The number of fused-ring (bicyclic) bond motifs is 1. The number of nitrogens with zero attached hydrogens (tertiary/aromatic N) is 2. The van der Waals surface area contributed by atoms with Crippen LogP contribution >= 0.6 is 11.3 Å². The predicted molar refractivity (Wildman–Crippen MR) is 86.1 cm³/mol. The van der Waals surface area contributed by atoms with E-state index in [0.717, 1.165) is 16.0 Å². The van der Waals surface area contributed by atoms with E-state index in [1.807, 2.05) is 38.3 Å². The molecule has 0 bridgehead atoms. The van der Waals surface area contributed by atoms with E-state index >= 15 is 0 Å². The van der Waals surface area contributed by atoms with Crippen LogP contribution in [0.1, 0.15) is 53.7 Å². The Bertz CT molecular complexity index is 793. The number of aromatic nitrogens is 2. The lowest BCUT2D eigenvalue weighted by Gasteiger charge is -2.12. The standard InChI is InChI=1S/C16H17N3O2S/c1-9(2)14-12-7-11(8-17-16(12)21-19-14)15(20)18-10(3)13-5-4-6-22-13/h4-10H,1-3H3,(H,18,20). The summed E-state index contributed by atoms with van der Waals surface area (Å²) < 4.78 is 5.19. The zero-order chi connectivity index (χ0) is 15.7. The first-order chi connectivity index (χ1) is 10.6. The third-order valence-corrected chi connectivity index (χ3v) is 4.54. The fourth-order valence-corrected chi connectivity index (χ4v) is 3.01. The Morgan fingerprint density at radius 2 is 2.18 bits per heavy atom. The van der Waals surface area contributed by atoms with E-state index < -0.39 is 0 Å². The fraction of sp³-hybridized carbons (Fsp3) is 0.312. The zero-order valence-corrected chi connectivity index (χ0v) is 13.5. The molecule has 0 saturated heterocycles. The van der Waals surface area contributed by atoms with Gasteiger partial charge in [0.2, 0.25) is 0 Å². The summed E-state index contributed by atoms with van der Waals surface area (Å²) in [6, 6.07) is 5.75. The molecule has 3 aromatic heterocycles. The Kier molecular flexibility index (Phi) is 3.94. The monoisotopic (exact) mass is 315 g/mol. The molecule has 0 saturated carbocycles. The first kappa shape index (κ1) is 14.7. The van der Waals surface area contributed by atoms with Gasteiger partial charge in [-0.05, 0) is 30.4 Å². The first-order valence-electron chi connectivity index (χ1n) is 7.16. The number of thiophene rings is 1. The number of nitrogens with one attached hydrogen (secondary N) is 1. The highest BCUT2D eigenvalue weighted by Gasteiger charge is 2.17. The molecule has 3 aromatic rings. The number of carbonyl (C=O) groups excluding carboxylic acids is 1. The lowest BCUT2D eigenvalue weighted by Crippen LogP contribution is -2.26. The van der Waals surface area contributed by atoms with E-state index in [4.69, 9.17) is 4.52 Å².